The van der Waals surface area contributed by atoms with Crippen LogP contribution in [0.3, 0.4) is 0 Å². The number of rotatable bonds is 3. The van der Waals surface area contributed by atoms with Crippen molar-refractivity contribution in [3.63, 3.8) is 0 Å². The first-order chi connectivity index (χ1) is 11.1. The van der Waals surface area contributed by atoms with Crippen molar-refractivity contribution in [2.45, 2.75) is 45.1 Å². The highest BCUT2D eigenvalue weighted by molar-refractivity contribution is 7.99. The van der Waals surface area contributed by atoms with Gasteiger partial charge in [0.25, 0.3) is 5.91 Å². The minimum Gasteiger partial charge on any atom is -0.344 e. The molecule has 1 aliphatic heterocycles. The first-order valence-corrected chi connectivity index (χ1v) is 9.48. The minimum absolute atomic E-state index is 0.0208. The number of likely N-dealkylation sites (N-methyl/N-ethyl adjacent to an activating group) is 1. The maximum Gasteiger partial charge on any atom is 0.276 e. The van der Waals surface area contributed by atoms with Gasteiger partial charge in [-0.2, -0.15) is 5.10 Å². The van der Waals surface area contributed by atoms with Gasteiger partial charge in [-0.25, -0.2) is 0 Å². The summed E-state index contributed by atoms with van der Waals surface area (Å²) >= 11 is 1.63. The van der Waals surface area contributed by atoms with Crippen LogP contribution in [0.4, 0.5) is 0 Å². The van der Waals surface area contributed by atoms with Crippen LogP contribution in [-0.4, -0.2) is 63.1 Å². The van der Waals surface area contributed by atoms with Gasteiger partial charge in [0.2, 0.25) is 5.91 Å². The van der Waals surface area contributed by atoms with E-state index in [1.807, 2.05) is 6.92 Å². The topological polar surface area (TPSA) is 69.3 Å². The predicted molar refractivity (Wildman–Crippen MR) is 90.4 cm³/mol. The molecule has 1 atom stereocenters. The van der Waals surface area contributed by atoms with Gasteiger partial charge in [0.15, 0.2) is 5.69 Å². The monoisotopic (exact) mass is 336 g/mol. The quantitative estimate of drug-likeness (QED) is 0.853. The number of nitrogens with one attached hydrogen (secondary N) is 1. The zero-order chi connectivity index (χ0) is 16.4. The van der Waals surface area contributed by atoms with Crippen molar-refractivity contribution in [1.82, 2.24) is 20.0 Å². The normalized spacial score (nSPS) is 21.0. The highest BCUT2D eigenvalue weighted by Crippen LogP contribution is 2.27. The molecule has 2 amide bonds. The summed E-state index contributed by atoms with van der Waals surface area (Å²) in [6, 6.07) is -0.365. The number of aromatic nitrogens is 2. The summed E-state index contributed by atoms with van der Waals surface area (Å²) < 4.78 is 0. The average molecular weight is 336 g/mol. The summed E-state index contributed by atoms with van der Waals surface area (Å²) in [5, 5.41) is 7.34. The van der Waals surface area contributed by atoms with Crippen molar-refractivity contribution in [3.05, 3.63) is 17.0 Å². The number of hydrogen-bond donors (Lipinski definition) is 1. The van der Waals surface area contributed by atoms with Gasteiger partial charge in [0.1, 0.15) is 6.04 Å². The van der Waals surface area contributed by atoms with Crippen LogP contribution in [0.1, 0.15) is 47.9 Å². The summed E-state index contributed by atoms with van der Waals surface area (Å²) in [5.41, 5.74) is 2.70. The maximum absolute atomic E-state index is 13.0. The van der Waals surface area contributed by atoms with E-state index in [1.54, 1.807) is 28.6 Å². The largest absolute Gasteiger partial charge is 0.344 e. The molecule has 1 aliphatic carbocycles. The van der Waals surface area contributed by atoms with E-state index in [2.05, 4.69) is 10.2 Å². The summed E-state index contributed by atoms with van der Waals surface area (Å²) in [4.78, 5) is 28.8. The van der Waals surface area contributed by atoms with Gasteiger partial charge in [-0.05, 0) is 32.6 Å². The first kappa shape index (κ1) is 16.4. The van der Waals surface area contributed by atoms with Gasteiger partial charge in [-0.3, -0.25) is 14.7 Å². The van der Waals surface area contributed by atoms with Gasteiger partial charge in [0, 0.05) is 30.6 Å². The van der Waals surface area contributed by atoms with Crippen LogP contribution in [0, 0.1) is 0 Å². The van der Waals surface area contributed by atoms with Crippen LogP contribution >= 0.6 is 11.8 Å². The van der Waals surface area contributed by atoms with Gasteiger partial charge in [-0.15, -0.1) is 11.8 Å². The van der Waals surface area contributed by atoms with Crippen molar-refractivity contribution in [3.8, 4) is 0 Å². The number of fused-ring (bicyclic) bond motifs is 1. The first-order valence-electron chi connectivity index (χ1n) is 8.33. The van der Waals surface area contributed by atoms with E-state index < -0.39 is 0 Å². The van der Waals surface area contributed by atoms with Crippen LogP contribution < -0.4 is 0 Å². The van der Waals surface area contributed by atoms with Gasteiger partial charge < -0.3 is 9.80 Å². The van der Waals surface area contributed by atoms with Crippen molar-refractivity contribution in [2.75, 3.05) is 25.2 Å². The fourth-order valence-corrected chi connectivity index (χ4v) is 4.37. The molecule has 0 spiro atoms. The molecule has 1 N–H and O–H groups in total. The summed E-state index contributed by atoms with van der Waals surface area (Å²) in [5.74, 6) is 1.15. The zero-order valence-electron chi connectivity index (χ0n) is 13.8. The Morgan fingerprint density at radius 1 is 1.35 bits per heavy atom. The third kappa shape index (κ3) is 3.11. The SMILES string of the molecule is CCN(C)C(=O)C1CSCN1C(=O)c1n[nH]c2c1CCCCC2. The molecule has 0 saturated carbocycles. The van der Waals surface area contributed by atoms with Crippen molar-refractivity contribution < 1.29 is 9.59 Å². The standard InChI is InChI=1S/C16H24N4O2S/c1-3-19(2)15(21)13-9-23-10-20(13)16(22)14-11-7-5-4-6-8-12(11)17-18-14/h13H,3-10H2,1-2H3,(H,17,18). The smallest absolute Gasteiger partial charge is 0.276 e. The predicted octanol–water partition coefficient (Wildman–Crippen LogP) is 1.67. The molecule has 0 bridgehead atoms. The van der Waals surface area contributed by atoms with Gasteiger partial charge in [-0.1, -0.05) is 6.42 Å². The van der Waals surface area contributed by atoms with Crippen LogP contribution in [0.5, 0.6) is 0 Å². The third-order valence-corrected chi connectivity index (χ3v) is 5.80. The number of H-pyrrole nitrogens is 1. The Balaban J connectivity index is 1.82. The van der Waals surface area contributed by atoms with Crippen LogP contribution in [-0.2, 0) is 17.6 Å². The number of hydrogen-bond acceptors (Lipinski definition) is 4. The molecule has 2 aliphatic rings. The fourth-order valence-electron chi connectivity index (χ4n) is 3.23. The molecular weight excluding hydrogens is 312 g/mol. The molecule has 126 valence electrons. The third-order valence-electron chi connectivity index (χ3n) is 4.79. The molecule has 0 radical (unpaired) electrons. The molecule has 1 unspecified atom stereocenters. The Labute approximate surface area is 141 Å². The number of aryl methyl sites for hydroxylation is 1. The Hall–Kier alpha value is -1.50. The second-order valence-electron chi connectivity index (χ2n) is 6.23. The molecule has 1 saturated heterocycles. The molecule has 1 aromatic heterocycles. The summed E-state index contributed by atoms with van der Waals surface area (Å²) in [6.45, 7) is 2.60. The summed E-state index contributed by atoms with van der Waals surface area (Å²) in [6.07, 6.45) is 5.30. The van der Waals surface area contributed by atoms with E-state index in [9.17, 15) is 9.59 Å². The zero-order valence-corrected chi connectivity index (χ0v) is 14.6. The highest BCUT2D eigenvalue weighted by Gasteiger charge is 2.38. The second kappa shape index (κ2) is 6.95. The maximum atomic E-state index is 13.0. The molecule has 6 nitrogen and oxygen atoms in total. The van der Waals surface area contributed by atoms with Gasteiger partial charge in [0.05, 0.1) is 5.88 Å². The lowest BCUT2D eigenvalue weighted by molar-refractivity contribution is -0.133. The van der Waals surface area contributed by atoms with Gasteiger partial charge >= 0.3 is 0 Å². The van der Waals surface area contributed by atoms with Crippen LogP contribution in [0.2, 0.25) is 0 Å². The Morgan fingerprint density at radius 2 is 2.13 bits per heavy atom. The second-order valence-corrected chi connectivity index (χ2v) is 7.23. The molecule has 7 heteroatoms. The minimum atomic E-state index is -0.365. The van der Waals surface area contributed by atoms with E-state index in [0.717, 1.165) is 36.9 Å². The Bertz CT molecular complexity index is 601. The number of aromatic amines is 1. The molecule has 0 aromatic carbocycles. The number of nitrogens with zero attached hydrogens (tertiary/aromatic N) is 3. The lowest BCUT2D eigenvalue weighted by Crippen LogP contribution is -2.48. The van der Waals surface area contributed by atoms with E-state index in [-0.39, 0.29) is 17.9 Å². The molecule has 23 heavy (non-hydrogen) atoms. The summed E-state index contributed by atoms with van der Waals surface area (Å²) in [7, 11) is 1.79. The lowest BCUT2D eigenvalue weighted by atomic mass is 10.1. The van der Waals surface area contributed by atoms with Crippen molar-refractivity contribution in [1.29, 1.82) is 0 Å². The van der Waals surface area contributed by atoms with Crippen LogP contribution in [0.25, 0.3) is 0 Å². The number of carbonyl (C=O) groups excluding carboxylic acids is 2. The number of carbonyl (C=O) groups is 2. The lowest BCUT2D eigenvalue weighted by Gasteiger charge is -2.26. The number of amides is 2. The van der Waals surface area contributed by atoms with E-state index >= 15 is 0 Å². The number of thioether (sulfide) groups is 1. The van der Waals surface area contributed by atoms with Crippen LogP contribution in [0.15, 0.2) is 0 Å². The fraction of sp³-hybridized carbons (Fsp3) is 0.688. The Morgan fingerprint density at radius 3 is 2.91 bits per heavy atom. The highest BCUT2D eigenvalue weighted by atomic mass is 32.2. The molecular formula is C16H24N4O2S. The van der Waals surface area contributed by atoms with E-state index in [0.29, 0.717) is 23.9 Å². The van der Waals surface area contributed by atoms with Crippen molar-refractivity contribution in [2.24, 2.45) is 0 Å². The molecule has 1 aromatic rings. The average Bonchev–Trinajstić information content (AvgIpc) is 3.14. The molecule has 1 fully saturated rings. The Kier molecular flexibility index (Phi) is 4.94. The molecule has 3 rings (SSSR count). The van der Waals surface area contributed by atoms with Crippen molar-refractivity contribution >= 4 is 23.6 Å². The molecule has 2 heterocycles. The van der Waals surface area contributed by atoms with E-state index in [1.165, 1.54) is 6.42 Å². The van der Waals surface area contributed by atoms with E-state index in [4.69, 9.17) is 0 Å².